The number of nitrogens with zero attached hydrogens (tertiary/aromatic N) is 2. The third kappa shape index (κ3) is 4.85. The number of para-hydroxylation sites is 2. The minimum Gasteiger partial charge on any atom is -0.486 e. The molecule has 1 aromatic carbocycles. The summed E-state index contributed by atoms with van der Waals surface area (Å²) in [6, 6.07) is 7.53. The van der Waals surface area contributed by atoms with Crippen molar-refractivity contribution in [3.8, 4) is 11.5 Å². The standard InChI is InChI=1S/C18H25N3O4/c1-14(22)21-8-4-7-20(9-10-21)12-18(23)19-11-15-13-24-16-5-2-3-6-17(16)25-15/h2-3,5-6,15H,4,7-13H2,1H3,(H,19,23)/t15-/m1/s1. The Morgan fingerprint density at radius 3 is 2.76 bits per heavy atom. The van der Waals surface area contributed by atoms with Gasteiger partial charge in [-0.3, -0.25) is 14.5 Å². The Morgan fingerprint density at radius 2 is 1.96 bits per heavy atom. The number of ether oxygens (including phenoxy) is 2. The van der Waals surface area contributed by atoms with Crippen LogP contribution in [0.15, 0.2) is 24.3 Å². The average Bonchev–Trinajstić information content (AvgIpc) is 2.85. The van der Waals surface area contributed by atoms with Gasteiger partial charge in [0.25, 0.3) is 0 Å². The van der Waals surface area contributed by atoms with E-state index in [1.807, 2.05) is 29.2 Å². The van der Waals surface area contributed by atoms with Crippen LogP contribution in [0.3, 0.4) is 0 Å². The van der Waals surface area contributed by atoms with Crippen molar-refractivity contribution in [3.63, 3.8) is 0 Å². The maximum Gasteiger partial charge on any atom is 0.234 e. The summed E-state index contributed by atoms with van der Waals surface area (Å²) in [5.74, 6) is 1.52. The zero-order valence-electron chi connectivity index (χ0n) is 14.6. The van der Waals surface area contributed by atoms with E-state index in [1.165, 1.54) is 0 Å². The largest absolute Gasteiger partial charge is 0.486 e. The number of fused-ring (bicyclic) bond motifs is 1. The Balaban J connectivity index is 1.41. The first-order valence-corrected chi connectivity index (χ1v) is 8.75. The van der Waals surface area contributed by atoms with Gasteiger partial charge in [0.2, 0.25) is 11.8 Å². The van der Waals surface area contributed by atoms with Gasteiger partial charge in [0, 0.05) is 33.1 Å². The van der Waals surface area contributed by atoms with Crippen molar-refractivity contribution in [2.75, 3.05) is 45.9 Å². The molecule has 0 radical (unpaired) electrons. The van der Waals surface area contributed by atoms with Crippen molar-refractivity contribution in [2.24, 2.45) is 0 Å². The quantitative estimate of drug-likeness (QED) is 0.859. The number of nitrogens with one attached hydrogen (secondary N) is 1. The SMILES string of the molecule is CC(=O)N1CCCN(CC(=O)NC[C@@H]2COc3ccccc3O2)CC1. The summed E-state index contributed by atoms with van der Waals surface area (Å²) in [5, 5.41) is 2.92. The highest BCUT2D eigenvalue weighted by atomic mass is 16.6. The van der Waals surface area contributed by atoms with Crippen LogP contribution in [0.25, 0.3) is 0 Å². The van der Waals surface area contributed by atoms with Crippen molar-refractivity contribution in [1.82, 2.24) is 15.1 Å². The van der Waals surface area contributed by atoms with Crippen LogP contribution < -0.4 is 14.8 Å². The van der Waals surface area contributed by atoms with Crippen LogP contribution in [-0.4, -0.2) is 73.6 Å². The summed E-state index contributed by atoms with van der Waals surface area (Å²) in [5.41, 5.74) is 0. The average molecular weight is 347 g/mol. The molecular formula is C18H25N3O4. The minimum atomic E-state index is -0.184. The number of hydrogen-bond acceptors (Lipinski definition) is 5. The summed E-state index contributed by atoms with van der Waals surface area (Å²) >= 11 is 0. The molecule has 1 N–H and O–H groups in total. The Morgan fingerprint density at radius 1 is 1.16 bits per heavy atom. The van der Waals surface area contributed by atoms with Crippen molar-refractivity contribution in [1.29, 1.82) is 0 Å². The van der Waals surface area contributed by atoms with E-state index in [4.69, 9.17) is 9.47 Å². The maximum atomic E-state index is 12.2. The van der Waals surface area contributed by atoms with E-state index in [2.05, 4.69) is 10.2 Å². The van der Waals surface area contributed by atoms with Gasteiger partial charge in [0.05, 0.1) is 13.1 Å². The second-order valence-corrected chi connectivity index (χ2v) is 6.44. The van der Waals surface area contributed by atoms with E-state index < -0.39 is 0 Å². The fourth-order valence-corrected chi connectivity index (χ4v) is 3.09. The van der Waals surface area contributed by atoms with Crippen LogP contribution in [0.2, 0.25) is 0 Å². The first-order valence-electron chi connectivity index (χ1n) is 8.75. The molecule has 0 aliphatic carbocycles. The lowest BCUT2D eigenvalue weighted by Crippen LogP contribution is -2.45. The van der Waals surface area contributed by atoms with Gasteiger partial charge in [-0.15, -0.1) is 0 Å². The van der Waals surface area contributed by atoms with Crippen molar-refractivity contribution < 1.29 is 19.1 Å². The third-order valence-corrected chi connectivity index (χ3v) is 4.50. The predicted molar refractivity (Wildman–Crippen MR) is 92.7 cm³/mol. The molecular weight excluding hydrogens is 322 g/mol. The van der Waals surface area contributed by atoms with Crippen LogP contribution >= 0.6 is 0 Å². The van der Waals surface area contributed by atoms with Crippen LogP contribution in [0.4, 0.5) is 0 Å². The Hall–Kier alpha value is -2.28. The van der Waals surface area contributed by atoms with Crippen LogP contribution in [0, 0.1) is 0 Å². The molecule has 2 amide bonds. The predicted octanol–water partition coefficient (Wildman–Crippen LogP) is 0.497. The second kappa shape index (κ2) is 8.20. The van der Waals surface area contributed by atoms with E-state index in [0.717, 1.165) is 31.8 Å². The molecule has 3 rings (SSSR count). The normalized spacial score (nSPS) is 20.7. The lowest BCUT2D eigenvalue weighted by atomic mass is 10.2. The number of benzene rings is 1. The van der Waals surface area contributed by atoms with Crippen LogP contribution in [0.5, 0.6) is 11.5 Å². The maximum absolute atomic E-state index is 12.2. The zero-order chi connectivity index (χ0) is 17.6. The number of amides is 2. The fourth-order valence-electron chi connectivity index (χ4n) is 3.09. The molecule has 0 bridgehead atoms. The fraction of sp³-hybridized carbons (Fsp3) is 0.556. The van der Waals surface area contributed by atoms with Gasteiger partial charge in [0.1, 0.15) is 12.7 Å². The molecule has 1 fully saturated rings. The molecule has 2 aliphatic heterocycles. The Bertz CT molecular complexity index is 622. The molecule has 136 valence electrons. The Kier molecular flexibility index (Phi) is 5.75. The summed E-state index contributed by atoms with van der Waals surface area (Å²) in [6.45, 7) is 5.77. The van der Waals surface area contributed by atoms with Crippen LogP contribution in [-0.2, 0) is 9.59 Å². The highest BCUT2D eigenvalue weighted by molar-refractivity contribution is 5.78. The van der Waals surface area contributed by atoms with Crippen molar-refractivity contribution in [3.05, 3.63) is 24.3 Å². The number of carbonyl (C=O) groups is 2. The molecule has 2 heterocycles. The van der Waals surface area contributed by atoms with E-state index >= 15 is 0 Å². The zero-order valence-corrected chi connectivity index (χ0v) is 14.6. The smallest absolute Gasteiger partial charge is 0.234 e. The van der Waals surface area contributed by atoms with Gasteiger partial charge < -0.3 is 19.7 Å². The first kappa shape index (κ1) is 17.5. The van der Waals surface area contributed by atoms with Gasteiger partial charge >= 0.3 is 0 Å². The summed E-state index contributed by atoms with van der Waals surface area (Å²) in [7, 11) is 0. The molecule has 1 atom stereocenters. The summed E-state index contributed by atoms with van der Waals surface area (Å²) in [4.78, 5) is 27.6. The van der Waals surface area contributed by atoms with Crippen LogP contribution in [0.1, 0.15) is 13.3 Å². The van der Waals surface area contributed by atoms with Crippen molar-refractivity contribution in [2.45, 2.75) is 19.4 Å². The molecule has 1 aromatic rings. The minimum absolute atomic E-state index is 0.0290. The highest BCUT2D eigenvalue weighted by Crippen LogP contribution is 2.30. The topological polar surface area (TPSA) is 71.1 Å². The second-order valence-electron chi connectivity index (χ2n) is 6.44. The lowest BCUT2D eigenvalue weighted by molar-refractivity contribution is -0.128. The molecule has 7 heteroatoms. The molecule has 0 aromatic heterocycles. The number of hydrogen-bond donors (Lipinski definition) is 1. The van der Waals surface area contributed by atoms with Gasteiger partial charge in [-0.05, 0) is 18.6 Å². The van der Waals surface area contributed by atoms with Gasteiger partial charge in [-0.2, -0.15) is 0 Å². The van der Waals surface area contributed by atoms with E-state index in [-0.39, 0.29) is 17.9 Å². The lowest BCUT2D eigenvalue weighted by Gasteiger charge is -2.27. The molecule has 1 saturated heterocycles. The molecule has 25 heavy (non-hydrogen) atoms. The van der Waals surface area contributed by atoms with E-state index in [0.29, 0.717) is 32.0 Å². The summed E-state index contributed by atoms with van der Waals surface area (Å²) < 4.78 is 11.5. The molecule has 7 nitrogen and oxygen atoms in total. The molecule has 2 aliphatic rings. The van der Waals surface area contributed by atoms with Gasteiger partial charge in [-0.25, -0.2) is 0 Å². The Labute approximate surface area is 147 Å². The summed E-state index contributed by atoms with van der Waals surface area (Å²) in [6.07, 6.45) is 0.708. The number of rotatable bonds is 4. The van der Waals surface area contributed by atoms with E-state index in [9.17, 15) is 9.59 Å². The van der Waals surface area contributed by atoms with Crippen molar-refractivity contribution >= 4 is 11.8 Å². The molecule has 0 unspecified atom stereocenters. The highest BCUT2D eigenvalue weighted by Gasteiger charge is 2.22. The van der Waals surface area contributed by atoms with Gasteiger partial charge in [0.15, 0.2) is 11.5 Å². The van der Waals surface area contributed by atoms with E-state index in [1.54, 1.807) is 6.92 Å². The first-order chi connectivity index (χ1) is 12.1. The number of carbonyl (C=O) groups excluding carboxylic acids is 2. The van der Waals surface area contributed by atoms with Gasteiger partial charge in [-0.1, -0.05) is 12.1 Å². The third-order valence-electron chi connectivity index (χ3n) is 4.50. The molecule has 0 saturated carbocycles. The monoisotopic (exact) mass is 347 g/mol. The molecule has 0 spiro atoms.